The summed E-state index contributed by atoms with van der Waals surface area (Å²) in [4.78, 5) is 12.4. The number of carbonyl (C=O) groups excluding carboxylic acids is 1. The van der Waals surface area contributed by atoms with Gasteiger partial charge in [0.1, 0.15) is 0 Å². The average molecular weight is 156 g/mol. The fraction of sp³-hybridized carbons (Fsp3) is 0.875. The second kappa shape index (κ2) is 4.46. The molecule has 1 fully saturated rings. The summed E-state index contributed by atoms with van der Waals surface area (Å²) in [6.07, 6.45) is 3.84. The monoisotopic (exact) mass is 156 g/mol. The summed E-state index contributed by atoms with van der Waals surface area (Å²) in [6.45, 7) is 2.82. The Morgan fingerprint density at radius 2 is 2.09 bits per heavy atom. The molecule has 63 valence electrons. The molecular formula is C8H14NO2. The Morgan fingerprint density at radius 1 is 1.45 bits per heavy atom. The van der Waals surface area contributed by atoms with Crippen LogP contribution in [0.5, 0.6) is 0 Å². The van der Waals surface area contributed by atoms with Crippen molar-refractivity contribution in [3.63, 3.8) is 0 Å². The first-order valence-corrected chi connectivity index (χ1v) is 4.07. The molecule has 11 heavy (non-hydrogen) atoms. The van der Waals surface area contributed by atoms with Crippen molar-refractivity contribution < 1.29 is 9.90 Å². The van der Waals surface area contributed by atoms with E-state index in [0.717, 1.165) is 32.5 Å². The van der Waals surface area contributed by atoms with Gasteiger partial charge in [0.25, 0.3) is 0 Å². The molecule has 1 saturated heterocycles. The second-order valence-corrected chi connectivity index (χ2v) is 2.96. The van der Waals surface area contributed by atoms with Crippen molar-refractivity contribution in [2.75, 3.05) is 26.2 Å². The van der Waals surface area contributed by atoms with E-state index in [0.29, 0.717) is 0 Å². The van der Waals surface area contributed by atoms with E-state index in [9.17, 15) is 4.79 Å². The van der Waals surface area contributed by atoms with Gasteiger partial charge in [0, 0.05) is 12.5 Å². The van der Waals surface area contributed by atoms with Gasteiger partial charge in [-0.2, -0.15) is 0 Å². The third-order valence-electron chi connectivity index (χ3n) is 2.17. The zero-order valence-corrected chi connectivity index (χ0v) is 6.62. The number of aliphatic hydroxyl groups is 1. The van der Waals surface area contributed by atoms with Gasteiger partial charge >= 0.3 is 0 Å². The number of rotatable bonds is 3. The lowest BCUT2D eigenvalue weighted by molar-refractivity contribution is 0.162. The highest BCUT2D eigenvalue weighted by Crippen LogP contribution is 2.13. The molecule has 0 spiro atoms. The minimum Gasteiger partial charge on any atom is -0.395 e. The molecule has 0 aromatic rings. The first-order valence-electron chi connectivity index (χ1n) is 4.07. The first-order chi connectivity index (χ1) is 5.36. The van der Waals surface area contributed by atoms with Gasteiger partial charge in [-0.1, -0.05) is 0 Å². The molecule has 1 aliphatic heterocycles. The summed E-state index contributed by atoms with van der Waals surface area (Å²) in [6, 6.07) is 0. The number of likely N-dealkylation sites (tertiary alicyclic amines) is 1. The standard InChI is InChI=1S/C8H14NO2/c10-6-5-9-3-1-8(7-11)2-4-9/h8,10H,1-6H2. The van der Waals surface area contributed by atoms with Gasteiger partial charge in [0.15, 0.2) is 0 Å². The van der Waals surface area contributed by atoms with Crippen molar-refractivity contribution in [3.8, 4) is 0 Å². The molecule has 1 rings (SSSR count). The van der Waals surface area contributed by atoms with Gasteiger partial charge < -0.3 is 10.0 Å². The normalized spacial score (nSPS) is 21.9. The third kappa shape index (κ3) is 2.60. The van der Waals surface area contributed by atoms with Crippen molar-refractivity contribution in [1.29, 1.82) is 0 Å². The largest absolute Gasteiger partial charge is 0.395 e. The van der Waals surface area contributed by atoms with Crippen LogP contribution in [0.15, 0.2) is 0 Å². The zero-order chi connectivity index (χ0) is 8.10. The van der Waals surface area contributed by atoms with Crippen LogP contribution in [0.1, 0.15) is 12.8 Å². The highest BCUT2D eigenvalue weighted by molar-refractivity contribution is 5.54. The first kappa shape index (κ1) is 8.68. The van der Waals surface area contributed by atoms with E-state index in [1.54, 1.807) is 0 Å². The lowest BCUT2D eigenvalue weighted by Gasteiger charge is -2.28. The molecular weight excluding hydrogens is 142 g/mol. The van der Waals surface area contributed by atoms with E-state index in [-0.39, 0.29) is 12.5 Å². The summed E-state index contributed by atoms with van der Waals surface area (Å²) in [7, 11) is 0. The Balaban J connectivity index is 2.18. The van der Waals surface area contributed by atoms with Crippen molar-refractivity contribution in [3.05, 3.63) is 0 Å². The van der Waals surface area contributed by atoms with E-state index >= 15 is 0 Å². The maximum absolute atomic E-state index is 10.2. The SMILES string of the molecule is O=[C]C1CCN(CCO)CC1. The van der Waals surface area contributed by atoms with Gasteiger partial charge in [0.05, 0.1) is 6.61 Å². The summed E-state index contributed by atoms with van der Waals surface area (Å²) in [5, 5.41) is 8.62. The molecule has 0 aromatic heterocycles. The molecule has 1 radical (unpaired) electrons. The number of piperidine rings is 1. The third-order valence-corrected chi connectivity index (χ3v) is 2.17. The summed E-state index contributed by atoms with van der Waals surface area (Å²) >= 11 is 0. The van der Waals surface area contributed by atoms with E-state index in [1.165, 1.54) is 0 Å². The van der Waals surface area contributed by atoms with Gasteiger partial charge in [-0.15, -0.1) is 0 Å². The lowest BCUT2D eigenvalue weighted by Crippen LogP contribution is -2.35. The highest BCUT2D eigenvalue weighted by Gasteiger charge is 2.17. The summed E-state index contributed by atoms with van der Waals surface area (Å²) in [5.74, 6) is 0.143. The van der Waals surface area contributed by atoms with Crippen molar-refractivity contribution in [2.24, 2.45) is 5.92 Å². The maximum atomic E-state index is 10.2. The number of aliphatic hydroxyl groups excluding tert-OH is 1. The van der Waals surface area contributed by atoms with E-state index in [1.807, 2.05) is 6.29 Å². The molecule has 3 heteroatoms. The van der Waals surface area contributed by atoms with Crippen molar-refractivity contribution >= 4 is 6.29 Å². The Bertz CT molecular complexity index is 119. The zero-order valence-electron chi connectivity index (χ0n) is 6.62. The highest BCUT2D eigenvalue weighted by atomic mass is 16.3. The van der Waals surface area contributed by atoms with Crippen LogP contribution < -0.4 is 0 Å². The summed E-state index contributed by atoms with van der Waals surface area (Å²) in [5.41, 5.74) is 0. The van der Waals surface area contributed by atoms with E-state index in [2.05, 4.69) is 4.90 Å². The molecule has 0 unspecified atom stereocenters. The molecule has 3 nitrogen and oxygen atoms in total. The number of nitrogens with zero attached hydrogens (tertiary/aromatic N) is 1. The minimum atomic E-state index is 0.143. The summed E-state index contributed by atoms with van der Waals surface area (Å²) < 4.78 is 0. The minimum absolute atomic E-state index is 0.143. The van der Waals surface area contributed by atoms with Crippen LogP contribution in [0.25, 0.3) is 0 Å². The molecule has 0 amide bonds. The van der Waals surface area contributed by atoms with Gasteiger partial charge in [0.2, 0.25) is 6.29 Å². The van der Waals surface area contributed by atoms with Crippen LogP contribution in [0.3, 0.4) is 0 Å². The van der Waals surface area contributed by atoms with Crippen LogP contribution in [-0.2, 0) is 4.79 Å². The number of hydrogen-bond acceptors (Lipinski definition) is 3. The number of β-amino-alcohol motifs (C(OH)–C–C–N with tert-alkyl or cyclic N) is 1. The maximum Gasteiger partial charge on any atom is 0.201 e. The van der Waals surface area contributed by atoms with Gasteiger partial charge in [-0.25, -0.2) is 0 Å². The Morgan fingerprint density at radius 3 is 2.55 bits per heavy atom. The number of hydrogen-bond donors (Lipinski definition) is 1. The van der Waals surface area contributed by atoms with Crippen molar-refractivity contribution in [1.82, 2.24) is 4.90 Å². The Kier molecular flexibility index (Phi) is 3.52. The quantitative estimate of drug-likeness (QED) is 0.615. The predicted molar refractivity (Wildman–Crippen MR) is 41.9 cm³/mol. The molecule has 0 atom stereocenters. The molecule has 0 aromatic carbocycles. The van der Waals surface area contributed by atoms with Gasteiger partial charge in [-0.3, -0.25) is 4.79 Å². The molecule has 0 aliphatic carbocycles. The Hall–Kier alpha value is -0.410. The fourth-order valence-electron chi connectivity index (χ4n) is 1.42. The van der Waals surface area contributed by atoms with Crippen LogP contribution in [0, 0.1) is 5.92 Å². The van der Waals surface area contributed by atoms with Crippen LogP contribution in [-0.4, -0.2) is 42.5 Å². The lowest BCUT2D eigenvalue weighted by atomic mass is 9.99. The Labute approximate surface area is 67.0 Å². The molecule has 0 bridgehead atoms. The van der Waals surface area contributed by atoms with Crippen LogP contribution in [0.2, 0.25) is 0 Å². The average Bonchev–Trinajstić information content (AvgIpc) is 2.07. The predicted octanol–water partition coefficient (Wildman–Crippen LogP) is -0.200. The van der Waals surface area contributed by atoms with Gasteiger partial charge in [-0.05, 0) is 25.9 Å². The molecule has 1 aliphatic rings. The topological polar surface area (TPSA) is 40.5 Å². The van der Waals surface area contributed by atoms with E-state index in [4.69, 9.17) is 5.11 Å². The van der Waals surface area contributed by atoms with E-state index < -0.39 is 0 Å². The van der Waals surface area contributed by atoms with Crippen LogP contribution in [0.4, 0.5) is 0 Å². The fourth-order valence-corrected chi connectivity index (χ4v) is 1.42. The molecule has 1 heterocycles. The smallest absolute Gasteiger partial charge is 0.201 e. The molecule has 1 N–H and O–H groups in total. The van der Waals surface area contributed by atoms with Crippen LogP contribution >= 0.6 is 0 Å². The van der Waals surface area contributed by atoms with Crippen molar-refractivity contribution in [2.45, 2.75) is 12.8 Å². The second-order valence-electron chi connectivity index (χ2n) is 2.96. The molecule has 0 saturated carbocycles.